The standard InChI is InChI=1S/C17H18N2O6S/c18-26(22,23)15-8-7-14(25-15)17(21)24-11-12-3-5-13(6-4-12)16(20)19-9-1-2-10-19/h3-8H,1-2,9-11H2,(H2,18,22,23). The minimum Gasteiger partial charge on any atom is -0.455 e. The molecule has 0 aliphatic carbocycles. The van der Waals surface area contributed by atoms with E-state index < -0.39 is 21.1 Å². The number of esters is 1. The highest BCUT2D eigenvalue weighted by atomic mass is 32.2. The van der Waals surface area contributed by atoms with Crippen LogP contribution < -0.4 is 5.14 Å². The molecule has 1 amide bonds. The number of hydrogen-bond donors (Lipinski definition) is 1. The van der Waals surface area contributed by atoms with E-state index in [1.54, 1.807) is 24.3 Å². The molecule has 0 spiro atoms. The van der Waals surface area contributed by atoms with E-state index in [9.17, 15) is 18.0 Å². The summed E-state index contributed by atoms with van der Waals surface area (Å²) < 4.78 is 32.2. The van der Waals surface area contributed by atoms with Gasteiger partial charge in [0.25, 0.3) is 15.9 Å². The first kappa shape index (κ1) is 18.2. The van der Waals surface area contributed by atoms with E-state index in [1.165, 1.54) is 6.07 Å². The number of hydrogen-bond acceptors (Lipinski definition) is 6. The predicted octanol–water partition coefficient (Wildman–Crippen LogP) is 1.52. The molecule has 1 aromatic heterocycles. The Morgan fingerprint density at radius 1 is 1.08 bits per heavy atom. The van der Waals surface area contributed by atoms with Gasteiger partial charge in [-0.25, -0.2) is 18.4 Å². The number of primary sulfonamides is 1. The number of carbonyl (C=O) groups is 2. The molecule has 1 aromatic carbocycles. The van der Waals surface area contributed by atoms with E-state index in [-0.39, 0.29) is 18.3 Å². The molecule has 2 aromatic rings. The van der Waals surface area contributed by atoms with Crippen molar-refractivity contribution in [2.24, 2.45) is 5.14 Å². The third-order valence-corrected chi connectivity index (χ3v) is 4.81. The number of furan rings is 1. The predicted molar refractivity (Wildman–Crippen MR) is 90.8 cm³/mol. The lowest BCUT2D eigenvalue weighted by Gasteiger charge is -2.15. The maximum atomic E-state index is 12.3. The molecule has 0 unspecified atom stereocenters. The first-order chi connectivity index (χ1) is 12.3. The second kappa shape index (κ2) is 7.30. The molecular formula is C17H18N2O6S. The molecule has 2 heterocycles. The number of nitrogens with zero attached hydrogens (tertiary/aromatic N) is 1. The summed E-state index contributed by atoms with van der Waals surface area (Å²) in [5.74, 6) is -1.07. The molecule has 0 saturated carbocycles. The molecule has 26 heavy (non-hydrogen) atoms. The quantitative estimate of drug-likeness (QED) is 0.788. The third kappa shape index (κ3) is 4.12. The van der Waals surface area contributed by atoms with Crippen molar-refractivity contribution in [1.82, 2.24) is 4.90 Å². The average molecular weight is 378 g/mol. The van der Waals surface area contributed by atoms with E-state index in [1.807, 2.05) is 4.90 Å². The molecule has 1 aliphatic rings. The van der Waals surface area contributed by atoms with Gasteiger partial charge in [-0.1, -0.05) is 12.1 Å². The largest absolute Gasteiger partial charge is 0.455 e. The van der Waals surface area contributed by atoms with Crippen LogP contribution in [0.5, 0.6) is 0 Å². The van der Waals surface area contributed by atoms with Crippen LogP contribution in [0.3, 0.4) is 0 Å². The van der Waals surface area contributed by atoms with Gasteiger partial charge in [0.1, 0.15) is 6.61 Å². The van der Waals surface area contributed by atoms with E-state index in [4.69, 9.17) is 14.3 Å². The number of carbonyl (C=O) groups excluding carboxylic acids is 2. The molecule has 138 valence electrons. The lowest BCUT2D eigenvalue weighted by molar-refractivity contribution is 0.0429. The molecule has 2 N–H and O–H groups in total. The molecule has 0 atom stereocenters. The summed E-state index contributed by atoms with van der Waals surface area (Å²) in [5.41, 5.74) is 1.28. The van der Waals surface area contributed by atoms with Gasteiger partial charge in [-0.2, -0.15) is 0 Å². The van der Waals surface area contributed by atoms with E-state index in [0.29, 0.717) is 11.1 Å². The van der Waals surface area contributed by atoms with Crippen molar-refractivity contribution >= 4 is 21.9 Å². The highest BCUT2D eigenvalue weighted by molar-refractivity contribution is 7.89. The van der Waals surface area contributed by atoms with Crippen molar-refractivity contribution < 1.29 is 27.2 Å². The first-order valence-corrected chi connectivity index (χ1v) is 9.57. The minimum absolute atomic E-state index is 0.00264. The molecule has 1 fully saturated rings. The van der Waals surface area contributed by atoms with Gasteiger partial charge in [0.15, 0.2) is 0 Å². The molecule has 0 radical (unpaired) electrons. The Hall–Kier alpha value is -2.65. The van der Waals surface area contributed by atoms with Gasteiger partial charge in [-0.05, 0) is 42.7 Å². The molecule has 3 rings (SSSR count). The van der Waals surface area contributed by atoms with Crippen LogP contribution in [0.15, 0.2) is 45.9 Å². The van der Waals surface area contributed by atoms with Crippen LogP contribution >= 0.6 is 0 Å². The second-order valence-electron chi connectivity index (χ2n) is 5.94. The van der Waals surface area contributed by atoms with Crippen molar-refractivity contribution in [3.8, 4) is 0 Å². The topological polar surface area (TPSA) is 120 Å². The average Bonchev–Trinajstić information content (AvgIpc) is 3.30. The number of likely N-dealkylation sites (tertiary alicyclic amines) is 1. The van der Waals surface area contributed by atoms with Gasteiger partial charge in [-0.15, -0.1) is 0 Å². The van der Waals surface area contributed by atoms with Gasteiger partial charge in [0, 0.05) is 18.7 Å². The van der Waals surface area contributed by atoms with Crippen molar-refractivity contribution in [1.29, 1.82) is 0 Å². The number of rotatable bonds is 5. The number of nitrogens with two attached hydrogens (primary N) is 1. The Bertz CT molecular complexity index is 911. The van der Waals surface area contributed by atoms with Gasteiger partial charge in [0.2, 0.25) is 10.9 Å². The van der Waals surface area contributed by atoms with Crippen LogP contribution in [0.25, 0.3) is 0 Å². The Labute approximate surface area is 150 Å². The van der Waals surface area contributed by atoms with Crippen LogP contribution in [-0.2, 0) is 21.4 Å². The zero-order valence-corrected chi connectivity index (χ0v) is 14.7. The fourth-order valence-corrected chi connectivity index (χ4v) is 3.11. The van der Waals surface area contributed by atoms with Crippen LogP contribution in [0.1, 0.15) is 39.3 Å². The zero-order chi connectivity index (χ0) is 18.7. The van der Waals surface area contributed by atoms with Crippen molar-refractivity contribution in [2.45, 2.75) is 24.5 Å². The Balaban J connectivity index is 1.58. The summed E-state index contributed by atoms with van der Waals surface area (Å²) in [4.78, 5) is 26.0. The summed E-state index contributed by atoms with van der Waals surface area (Å²) in [6.45, 7) is 1.52. The molecule has 1 saturated heterocycles. The molecular weight excluding hydrogens is 360 g/mol. The van der Waals surface area contributed by atoms with Crippen molar-refractivity contribution in [2.75, 3.05) is 13.1 Å². The smallest absolute Gasteiger partial charge is 0.374 e. The van der Waals surface area contributed by atoms with Crippen molar-refractivity contribution in [3.63, 3.8) is 0 Å². The molecule has 0 bridgehead atoms. The normalized spacial score (nSPS) is 14.4. The van der Waals surface area contributed by atoms with Crippen LogP contribution in [0.2, 0.25) is 0 Å². The van der Waals surface area contributed by atoms with Crippen LogP contribution in [0.4, 0.5) is 0 Å². The van der Waals surface area contributed by atoms with E-state index >= 15 is 0 Å². The van der Waals surface area contributed by atoms with Gasteiger partial charge < -0.3 is 14.1 Å². The lowest BCUT2D eigenvalue weighted by atomic mass is 10.1. The maximum Gasteiger partial charge on any atom is 0.374 e. The van der Waals surface area contributed by atoms with Gasteiger partial charge in [0.05, 0.1) is 0 Å². The van der Waals surface area contributed by atoms with Gasteiger partial charge in [-0.3, -0.25) is 4.79 Å². The molecule has 9 heteroatoms. The fourth-order valence-electron chi connectivity index (χ4n) is 2.65. The Kier molecular flexibility index (Phi) is 5.10. The monoisotopic (exact) mass is 378 g/mol. The SMILES string of the molecule is NS(=O)(=O)c1ccc(C(=O)OCc2ccc(C(=O)N3CCCC3)cc2)o1. The number of sulfonamides is 1. The van der Waals surface area contributed by atoms with E-state index in [2.05, 4.69) is 0 Å². The minimum atomic E-state index is -4.01. The fraction of sp³-hybridized carbons (Fsp3) is 0.294. The summed E-state index contributed by atoms with van der Waals surface area (Å²) in [5, 5.41) is 4.41. The summed E-state index contributed by atoms with van der Waals surface area (Å²) >= 11 is 0. The third-order valence-electron chi connectivity index (χ3n) is 4.03. The summed E-state index contributed by atoms with van der Waals surface area (Å²) in [6.07, 6.45) is 2.06. The lowest BCUT2D eigenvalue weighted by Crippen LogP contribution is -2.27. The Morgan fingerprint density at radius 2 is 1.73 bits per heavy atom. The molecule has 1 aliphatic heterocycles. The zero-order valence-electron chi connectivity index (χ0n) is 13.9. The van der Waals surface area contributed by atoms with E-state index in [0.717, 1.165) is 32.0 Å². The van der Waals surface area contributed by atoms with Crippen molar-refractivity contribution in [3.05, 3.63) is 53.3 Å². The summed E-state index contributed by atoms with van der Waals surface area (Å²) in [6, 6.07) is 9.05. The summed E-state index contributed by atoms with van der Waals surface area (Å²) in [7, 11) is -4.01. The van der Waals surface area contributed by atoms with Crippen LogP contribution in [-0.4, -0.2) is 38.3 Å². The highest BCUT2D eigenvalue weighted by Crippen LogP contribution is 2.16. The number of benzene rings is 1. The first-order valence-electron chi connectivity index (χ1n) is 8.02. The van der Waals surface area contributed by atoms with Gasteiger partial charge >= 0.3 is 5.97 Å². The second-order valence-corrected chi connectivity index (χ2v) is 7.43. The maximum absolute atomic E-state index is 12.3. The number of ether oxygens (including phenoxy) is 1. The van der Waals surface area contributed by atoms with Crippen LogP contribution in [0, 0.1) is 0 Å². The number of amides is 1. The molecule has 8 nitrogen and oxygen atoms in total. The highest BCUT2D eigenvalue weighted by Gasteiger charge is 2.20. The Morgan fingerprint density at radius 3 is 2.31 bits per heavy atom.